The highest BCUT2D eigenvalue weighted by Gasteiger charge is 2.19. The van der Waals surface area contributed by atoms with Crippen molar-refractivity contribution in [2.75, 3.05) is 13.2 Å². The highest BCUT2D eigenvalue weighted by Crippen LogP contribution is 2.19. The molecule has 5 heteroatoms. The molecule has 2 N–H and O–H groups in total. The number of carboxylic acid groups (broad SMARTS) is 1. The molecule has 0 unspecified atom stereocenters. The molecule has 0 radical (unpaired) electrons. The summed E-state index contributed by atoms with van der Waals surface area (Å²) in [5.74, 6) is -0.446. The fourth-order valence-electron chi connectivity index (χ4n) is 2.33. The van der Waals surface area contributed by atoms with Gasteiger partial charge in [-0.25, -0.2) is 4.79 Å². The number of carboxylic acids is 1. The quantitative estimate of drug-likeness (QED) is 0.757. The molecule has 0 aliphatic carbocycles. The number of aliphatic hydroxyl groups is 1. The zero-order valence-corrected chi connectivity index (χ0v) is 11.8. The van der Waals surface area contributed by atoms with E-state index in [0.717, 1.165) is 18.4 Å². The van der Waals surface area contributed by atoms with Crippen molar-refractivity contribution in [1.82, 2.24) is 4.90 Å². The van der Waals surface area contributed by atoms with E-state index in [1.807, 2.05) is 0 Å². The largest absolute Gasteiger partial charge is 0.475 e. The van der Waals surface area contributed by atoms with E-state index in [2.05, 4.69) is 18.7 Å². The van der Waals surface area contributed by atoms with E-state index in [1.54, 1.807) is 13.0 Å². The van der Waals surface area contributed by atoms with Gasteiger partial charge in [0.1, 0.15) is 5.76 Å². The molecule has 1 aromatic heterocycles. The molecule has 0 amide bonds. The number of carbonyl (C=O) groups is 1. The van der Waals surface area contributed by atoms with Crippen LogP contribution in [0.2, 0.25) is 0 Å². The maximum atomic E-state index is 10.9. The molecule has 1 rings (SSSR count). The van der Waals surface area contributed by atoms with Crippen LogP contribution >= 0.6 is 0 Å². The van der Waals surface area contributed by atoms with E-state index < -0.39 is 5.97 Å². The standard InChI is InChI=1S/C14H23NO4/c1-4-12(5-2)15(6-7-16)9-11-8-13(14(17)18)19-10(11)3/h8,12,16H,4-7,9H2,1-3H3,(H,17,18). The molecular weight excluding hydrogens is 246 g/mol. The Hall–Kier alpha value is -1.33. The highest BCUT2D eigenvalue weighted by atomic mass is 16.4. The predicted molar refractivity (Wildman–Crippen MR) is 72.3 cm³/mol. The number of aryl methyl sites for hydroxylation is 1. The van der Waals surface area contributed by atoms with E-state index in [0.29, 0.717) is 24.9 Å². The van der Waals surface area contributed by atoms with Gasteiger partial charge in [0.25, 0.3) is 0 Å². The molecule has 0 fully saturated rings. The number of aromatic carboxylic acids is 1. The van der Waals surface area contributed by atoms with Crippen LogP contribution < -0.4 is 0 Å². The van der Waals surface area contributed by atoms with Gasteiger partial charge in [-0.3, -0.25) is 4.90 Å². The molecule has 0 bridgehead atoms. The van der Waals surface area contributed by atoms with Crippen LogP contribution in [0.3, 0.4) is 0 Å². The smallest absolute Gasteiger partial charge is 0.371 e. The second-order valence-corrected chi connectivity index (χ2v) is 4.66. The predicted octanol–water partition coefficient (Wildman–Crippen LogP) is 2.27. The SMILES string of the molecule is CCC(CC)N(CCO)Cc1cc(C(=O)O)oc1C. The Bertz CT molecular complexity index is 410. The average molecular weight is 269 g/mol. The summed E-state index contributed by atoms with van der Waals surface area (Å²) in [6.45, 7) is 7.28. The Morgan fingerprint density at radius 1 is 1.42 bits per heavy atom. The molecule has 0 aliphatic heterocycles. The van der Waals surface area contributed by atoms with Gasteiger partial charge in [-0.15, -0.1) is 0 Å². The maximum absolute atomic E-state index is 10.9. The van der Waals surface area contributed by atoms with Gasteiger partial charge in [-0.1, -0.05) is 13.8 Å². The topological polar surface area (TPSA) is 73.9 Å². The van der Waals surface area contributed by atoms with Crippen molar-refractivity contribution in [3.8, 4) is 0 Å². The van der Waals surface area contributed by atoms with E-state index in [4.69, 9.17) is 14.6 Å². The lowest BCUT2D eigenvalue weighted by Gasteiger charge is -2.29. The van der Waals surface area contributed by atoms with Crippen molar-refractivity contribution in [2.24, 2.45) is 0 Å². The molecule has 1 aromatic rings. The van der Waals surface area contributed by atoms with Gasteiger partial charge in [0, 0.05) is 24.7 Å². The van der Waals surface area contributed by atoms with Gasteiger partial charge in [0.2, 0.25) is 5.76 Å². The fourth-order valence-corrected chi connectivity index (χ4v) is 2.33. The summed E-state index contributed by atoms with van der Waals surface area (Å²) in [6.07, 6.45) is 2.00. The van der Waals surface area contributed by atoms with Gasteiger partial charge in [0.05, 0.1) is 6.61 Å². The Morgan fingerprint density at radius 3 is 2.47 bits per heavy atom. The summed E-state index contributed by atoms with van der Waals surface area (Å²) < 4.78 is 5.21. The van der Waals surface area contributed by atoms with Crippen molar-refractivity contribution in [3.05, 3.63) is 23.2 Å². The lowest BCUT2D eigenvalue weighted by atomic mass is 10.1. The van der Waals surface area contributed by atoms with Crippen molar-refractivity contribution in [2.45, 2.75) is 46.2 Å². The summed E-state index contributed by atoms with van der Waals surface area (Å²) >= 11 is 0. The summed E-state index contributed by atoms with van der Waals surface area (Å²) in [4.78, 5) is 13.0. The molecule has 0 saturated carbocycles. The van der Waals surface area contributed by atoms with Crippen LogP contribution in [0.15, 0.2) is 10.5 Å². The Balaban J connectivity index is 2.86. The van der Waals surface area contributed by atoms with Crippen LogP contribution in [0, 0.1) is 6.92 Å². The first-order valence-electron chi connectivity index (χ1n) is 6.70. The first-order valence-corrected chi connectivity index (χ1v) is 6.70. The lowest BCUT2D eigenvalue weighted by molar-refractivity contribution is 0.0661. The van der Waals surface area contributed by atoms with E-state index in [-0.39, 0.29) is 12.4 Å². The third-order valence-corrected chi connectivity index (χ3v) is 3.45. The molecule has 0 saturated heterocycles. The molecule has 0 aliphatic rings. The monoisotopic (exact) mass is 269 g/mol. The van der Waals surface area contributed by atoms with Gasteiger partial charge >= 0.3 is 5.97 Å². The van der Waals surface area contributed by atoms with E-state index in [9.17, 15) is 4.79 Å². The van der Waals surface area contributed by atoms with Crippen LogP contribution in [0.4, 0.5) is 0 Å². The fraction of sp³-hybridized carbons (Fsp3) is 0.643. The molecule has 108 valence electrons. The Kier molecular flexibility index (Phi) is 6.05. The molecule has 0 spiro atoms. The molecule has 1 heterocycles. The Labute approximate surface area is 113 Å². The van der Waals surface area contributed by atoms with Crippen LogP contribution in [0.1, 0.15) is 48.6 Å². The van der Waals surface area contributed by atoms with Crippen molar-refractivity contribution in [1.29, 1.82) is 0 Å². The minimum atomic E-state index is -1.05. The first kappa shape index (κ1) is 15.7. The molecule has 0 atom stereocenters. The van der Waals surface area contributed by atoms with Gasteiger partial charge in [-0.05, 0) is 25.8 Å². The van der Waals surface area contributed by atoms with Crippen molar-refractivity contribution < 1.29 is 19.4 Å². The number of hydrogen-bond acceptors (Lipinski definition) is 4. The van der Waals surface area contributed by atoms with Gasteiger partial charge in [0.15, 0.2) is 0 Å². The molecular formula is C14H23NO4. The van der Waals surface area contributed by atoms with Crippen LogP contribution in [-0.2, 0) is 6.54 Å². The van der Waals surface area contributed by atoms with Crippen LogP contribution in [0.25, 0.3) is 0 Å². The summed E-state index contributed by atoms with van der Waals surface area (Å²) in [5.41, 5.74) is 0.873. The normalized spacial score (nSPS) is 11.5. The summed E-state index contributed by atoms with van der Waals surface area (Å²) in [7, 11) is 0. The number of nitrogens with zero attached hydrogens (tertiary/aromatic N) is 1. The molecule has 5 nitrogen and oxygen atoms in total. The summed E-state index contributed by atoms with van der Waals surface area (Å²) in [6, 6.07) is 1.96. The van der Waals surface area contributed by atoms with Gasteiger partial charge in [-0.2, -0.15) is 0 Å². The number of aliphatic hydroxyl groups excluding tert-OH is 1. The lowest BCUT2D eigenvalue weighted by Crippen LogP contribution is -2.36. The van der Waals surface area contributed by atoms with Gasteiger partial charge < -0.3 is 14.6 Å². The molecule has 19 heavy (non-hydrogen) atoms. The highest BCUT2D eigenvalue weighted by molar-refractivity contribution is 5.84. The van der Waals surface area contributed by atoms with E-state index >= 15 is 0 Å². The molecule has 0 aromatic carbocycles. The first-order chi connectivity index (χ1) is 9.03. The minimum absolute atomic E-state index is 0.0269. The minimum Gasteiger partial charge on any atom is -0.475 e. The number of rotatable bonds is 8. The maximum Gasteiger partial charge on any atom is 0.371 e. The zero-order chi connectivity index (χ0) is 14.4. The summed E-state index contributed by atoms with van der Waals surface area (Å²) in [5, 5.41) is 18.1. The number of hydrogen-bond donors (Lipinski definition) is 2. The second-order valence-electron chi connectivity index (χ2n) is 4.66. The third-order valence-electron chi connectivity index (χ3n) is 3.45. The van der Waals surface area contributed by atoms with Crippen molar-refractivity contribution in [3.63, 3.8) is 0 Å². The second kappa shape index (κ2) is 7.31. The third kappa shape index (κ3) is 4.08. The Morgan fingerprint density at radius 2 is 2.05 bits per heavy atom. The zero-order valence-electron chi connectivity index (χ0n) is 11.8. The van der Waals surface area contributed by atoms with Crippen LogP contribution in [0.5, 0.6) is 0 Å². The van der Waals surface area contributed by atoms with Crippen LogP contribution in [-0.4, -0.2) is 40.3 Å². The van der Waals surface area contributed by atoms with Crippen molar-refractivity contribution >= 4 is 5.97 Å². The average Bonchev–Trinajstić information content (AvgIpc) is 2.73. The van der Waals surface area contributed by atoms with E-state index in [1.165, 1.54) is 0 Å². The number of furan rings is 1.